The van der Waals surface area contributed by atoms with E-state index in [0.29, 0.717) is 17.2 Å². The summed E-state index contributed by atoms with van der Waals surface area (Å²) in [6.45, 7) is 0. The Bertz CT molecular complexity index is 566. The molecule has 0 radical (unpaired) electrons. The third kappa shape index (κ3) is 2.37. The summed E-state index contributed by atoms with van der Waals surface area (Å²) in [6, 6.07) is 5.15. The monoisotopic (exact) mass is 262 g/mol. The molecule has 2 amide bonds. The molecule has 1 aromatic carbocycles. The molecule has 1 aromatic rings. The fraction of sp³-hybridized carbons (Fsp3) is 0.231. The summed E-state index contributed by atoms with van der Waals surface area (Å²) in [6.07, 6.45) is 1.25. The van der Waals surface area contributed by atoms with Crippen LogP contribution in [0.5, 0.6) is 11.5 Å². The molecule has 0 unspecified atom stereocenters. The molecule has 0 aliphatic carbocycles. The number of imide groups is 1. The van der Waals surface area contributed by atoms with Crippen LogP contribution in [-0.4, -0.2) is 38.0 Å². The van der Waals surface area contributed by atoms with Gasteiger partial charge in [-0.1, -0.05) is 0 Å². The largest absolute Gasteiger partial charge is 0.497 e. The first kappa shape index (κ1) is 12.9. The number of hydrogen-bond donors (Lipinski definition) is 1. The number of rotatable bonds is 4. The minimum atomic E-state index is -0.380. The van der Waals surface area contributed by atoms with Gasteiger partial charge in [0, 0.05) is 19.2 Å². The number of carbonyl (C=O) groups is 2. The topological polar surface area (TPSA) is 67.9 Å². The third-order valence-electron chi connectivity index (χ3n) is 2.81. The van der Waals surface area contributed by atoms with E-state index < -0.39 is 0 Å². The number of carbonyl (C=O) groups excluding carboxylic acids is 2. The zero-order valence-electron chi connectivity index (χ0n) is 10.9. The average Bonchev–Trinajstić information content (AvgIpc) is 2.66. The number of nitrogens with zero attached hydrogens (tertiary/aromatic N) is 1. The van der Waals surface area contributed by atoms with Crippen molar-refractivity contribution in [3.05, 3.63) is 30.0 Å². The van der Waals surface area contributed by atoms with Gasteiger partial charge in [0.1, 0.15) is 17.2 Å². The lowest BCUT2D eigenvalue weighted by Gasteiger charge is -2.13. The highest BCUT2D eigenvalue weighted by Crippen LogP contribution is 2.30. The molecule has 0 atom stereocenters. The number of methoxy groups -OCH3 is 2. The van der Waals surface area contributed by atoms with Gasteiger partial charge in [0.05, 0.1) is 19.9 Å². The van der Waals surface area contributed by atoms with E-state index in [1.54, 1.807) is 25.3 Å². The minimum Gasteiger partial charge on any atom is -0.497 e. The Labute approximate surface area is 110 Å². The first-order valence-corrected chi connectivity index (χ1v) is 5.59. The van der Waals surface area contributed by atoms with Crippen molar-refractivity contribution < 1.29 is 19.1 Å². The van der Waals surface area contributed by atoms with E-state index in [1.807, 2.05) is 0 Å². The highest BCUT2D eigenvalue weighted by atomic mass is 16.5. The lowest BCUT2D eigenvalue weighted by Crippen LogP contribution is -2.27. The number of hydrogen-bond acceptors (Lipinski definition) is 5. The van der Waals surface area contributed by atoms with Crippen molar-refractivity contribution in [1.29, 1.82) is 0 Å². The van der Waals surface area contributed by atoms with E-state index in [2.05, 4.69) is 5.32 Å². The summed E-state index contributed by atoms with van der Waals surface area (Å²) < 4.78 is 10.3. The van der Waals surface area contributed by atoms with Gasteiger partial charge in [0.2, 0.25) is 0 Å². The van der Waals surface area contributed by atoms with Gasteiger partial charge < -0.3 is 14.8 Å². The van der Waals surface area contributed by atoms with Gasteiger partial charge in [-0.3, -0.25) is 14.5 Å². The van der Waals surface area contributed by atoms with Crippen LogP contribution in [0, 0.1) is 0 Å². The predicted octanol–water partition coefficient (Wildman–Crippen LogP) is 0.998. The summed E-state index contributed by atoms with van der Waals surface area (Å²) in [7, 11) is 4.50. The van der Waals surface area contributed by atoms with Gasteiger partial charge in [0.15, 0.2) is 0 Å². The Morgan fingerprint density at radius 3 is 2.42 bits per heavy atom. The van der Waals surface area contributed by atoms with Crippen molar-refractivity contribution in [2.45, 2.75) is 0 Å². The lowest BCUT2D eigenvalue weighted by atomic mass is 10.2. The molecule has 1 N–H and O–H groups in total. The second kappa shape index (κ2) is 5.01. The van der Waals surface area contributed by atoms with E-state index in [4.69, 9.17) is 9.47 Å². The van der Waals surface area contributed by atoms with Crippen LogP contribution in [-0.2, 0) is 9.59 Å². The minimum absolute atomic E-state index is 0.207. The maximum absolute atomic E-state index is 11.8. The van der Waals surface area contributed by atoms with Gasteiger partial charge >= 0.3 is 0 Å². The number of benzene rings is 1. The van der Waals surface area contributed by atoms with Crippen LogP contribution >= 0.6 is 0 Å². The molecular formula is C13H14N2O4. The van der Waals surface area contributed by atoms with Gasteiger partial charge in [-0.2, -0.15) is 0 Å². The molecule has 1 aliphatic rings. The van der Waals surface area contributed by atoms with Crippen LogP contribution in [0.15, 0.2) is 30.0 Å². The molecule has 1 aliphatic heterocycles. The molecule has 0 saturated heterocycles. The standard InChI is InChI=1S/C13H14N2O4/c1-15-12(16)7-10(13(15)17)14-9-6-8(18-2)4-5-11(9)19-3/h4-7,14H,1-3H3. The van der Waals surface area contributed by atoms with Crippen molar-refractivity contribution in [3.63, 3.8) is 0 Å². The molecule has 2 rings (SSSR count). The molecule has 0 saturated carbocycles. The van der Waals surface area contributed by atoms with E-state index in [9.17, 15) is 9.59 Å². The highest BCUT2D eigenvalue weighted by molar-refractivity contribution is 6.17. The molecule has 6 heteroatoms. The summed E-state index contributed by atoms with van der Waals surface area (Å²) in [5.74, 6) is 0.440. The Hall–Kier alpha value is -2.50. The fourth-order valence-electron chi connectivity index (χ4n) is 1.71. The average molecular weight is 262 g/mol. The van der Waals surface area contributed by atoms with Crippen LogP contribution in [0.1, 0.15) is 0 Å². The number of likely N-dealkylation sites (N-methyl/N-ethyl adjacent to an activating group) is 1. The quantitative estimate of drug-likeness (QED) is 0.820. The van der Waals surface area contributed by atoms with Gasteiger partial charge in [-0.05, 0) is 12.1 Å². The second-order valence-corrected chi connectivity index (χ2v) is 3.95. The van der Waals surface area contributed by atoms with Crippen LogP contribution < -0.4 is 14.8 Å². The van der Waals surface area contributed by atoms with Crippen molar-refractivity contribution in [2.75, 3.05) is 26.6 Å². The number of amides is 2. The van der Waals surface area contributed by atoms with Crippen molar-refractivity contribution in [2.24, 2.45) is 0 Å². The highest BCUT2D eigenvalue weighted by Gasteiger charge is 2.28. The molecular weight excluding hydrogens is 248 g/mol. The molecule has 0 aromatic heterocycles. The van der Waals surface area contributed by atoms with Gasteiger partial charge in [-0.15, -0.1) is 0 Å². The zero-order valence-corrected chi connectivity index (χ0v) is 10.9. The zero-order chi connectivity index (χ0) is 14.0. The molecule has 100 valence electrons. The molecule has 1 heterocycles. The van der Waals surface area contributed by atoms with Gasteiger partial charge in [-0.25, -0.2) is 0 Å². The van der Waals surface area contributed by atoms with Crippen molar-refractivity contribution >= 4 is 17.5 Å². The second-order valence-electron chi connectivity index (χ2n) is 3.95. The molecule has 6 nitrogen and oxygen atoms in total. The van der Waals surface area contributed by atoms with Crippen LogP contribution in [0.2, 0.25) is 0 Å². The van der Waals surface area contributed by atoms with E-state index in [1.165, 1.54) is 20.2 Å². The van der Waals surface area contributed by atoms with Crippen molar-refractivity contribution in [1.82, 2.24) is 4.90 Å². The van der Waals surface area contributed by atoms with E-state index in [-0.39, 0.29) is 17.5 Å². The summed E-state index contributed by atoms with van der Waals surface area (Å²) in [4.78, 5) is 24.2. The summed E-state index contributed by atoms with van der Waals surface area (Å²) in [5, 5.41) is 2.89. The Morgan fingerprint density at radius 1 is 1.16 bits per heavy atom. The lowest BCUT2D eigenvalue weighted by molar-refractivity contribution is -0.135. The van der Waals surface area contributed by atoms with E-state index in [0.717, 1.165) is 4.90 Å². The smallest absolute Gasteiger partial charge is 0.277 e. The molecule has 0 fully saturated rings. The Kier molecular flexibility index (Phi) is 3.41. The fourth-order valence-corrected chi connectivity index (χ4v) is 1.71. The number of ether oxygens (including phenoxy) is 2. The van der Waals surface area contributed by atoms with E-state index >= 15 is 0 Å². The molecule has 19 heavy (non-hydrogen) atoms. The first-order chi connectivity index (χ1) is 9.06. The summed E-state index contributed by atoms with van der Waals surface area (Å²) >= 11 is 0. The molecule has 0 spiro atoms. The third-order valence-corrected chi connectivity index (χ3v) is 2.81. The van der Waals surface area contributed by atoms with Crippen LogP contribution in [0.25, 0.3) is 0 Å². The Balaban J connectivity index is 2.31. The Morgan fingerprint density at radius 2 is 1.89 bits per heavy atom. The summed E-state index contributed by atoms with van der Waals surface area (Å²) in [5.41, 5.74) is 0.767. The SMILES string of the molecule is COc1ccc(OC)c(NC2=CC(=O)N(C)C2=O)c1. The maximum Gasteiger partial charge on any atom is 0.277 e. The van der Waals surface area contributed by atoms with Crippen LogP contribution in [0.4, 0.5) is 5.69 Å². The predicted molar refractivity (Wildman–Crippen MR) is 69.0 cm³/mol. The van der Waals surface area contributed by atoms with Crippen LogP contribution in [0.3, 0.4) is 0 Å². The van der Waals surface area contributed by atoms with Crippen molar-refractivity contribution in [3.8, 4) is 11.5 Å². The number of anilines is 1. The normalized spacial score (nSPS) is 14.5. The number of nitrogens with one attached hydrogen (secondary N) is 1. The van der Waals surface area contributed by atoms with Gasteiger partial charge in [0.25, 0.3) is 11.8 Å². The first-order valence-electron chi connectivity index (χ1n) is 5.59. The maximum atomic E-state index is 11.8. The molecule has 0 bridgehead atoms.